The summed E-state index contributed by atoms with van der Waals surface area (Å²) in [6, 6.07) is 4.19. The van der Waals surface area contributed by atoms with E-state index in [1.807, 2.05) is 7.05 Å². The summed E-state index contributed by atoms with van der Waals surface area (Å²) in [4.78, 5) is 11.3. The molecule has 0 saturated carbocycles. The maximum atomic E-state index is 4.63. The van der Waals surface area contributed by atoms with Crippen LogP contribution in [0.3, 0.4) is 0 Å². The van der Waals surface area contributed by atoms with Crippen LogP contribution in [0.15, 0.2) is 29.5 Å². The predicted molar refractivity (Wildman–Crippen MR) is 96.3 cm³/mol. The third-order valence-corrected chi connectivity index (χ3v) is 3.71. The summed E-state index contributed by atoms with van der Waals surface area (Å²) in [6.07, 6.45) is 6.64. The van der Waals surface area contributed by atoms with E-state index in [1.165, 1.54) is 18.4 Å². The molecule has 1 aliphatic rings. The minimum absolute atomic E-state index is 0. The van der Waals surface area contributed by atoms with Gasteiger partial charge in [-0.05, 0) is 37.5 Å². The summed E-state index contributed by atoms with van der Waals surface area (Å²) in [7, 11) is 1.84. The van der Waals surface area contributed by atoms with Gasteiger partial charge in [0.15, 0.2) is 5.96 Å². The highest BCUT2D eigenvalue weighted by Crippen LogP contribution is 2.09. The number of guanidine groups is 1. The van der Waals surface area contributed by atoms with E-state index in [2.05, 4.69) is 56.0 Å². The van der Waals surface area contributed by atoms with Gasteiger partial charge >= 0.3 is 0 Å². The minimum Gasteiger partial charge on any atom is -0.351 e. The topological polar surface area (TPSA) is 44.9 Å². The van der Waals surface area contributed by atoms with Crippen molar-refractivity contribution >= 4 is 35.6 Å². The van der Waals surface area contributed by atoms with Crippen molar-refractivity contribution in [2.45, 2.75) is 26.3 Å². The Morgan fingerprint density at radius 2 is 2.14 bits per heavy atom. The van der Waals surface area contributed by atoms with Gasteiger partial charge in [-0.3, -0.25) is 4.99 Å². The minimum atomic E-state index is 0. The molecule has 0 aliphatic carbocycles. The Morgan fingerprint density at radius 1 is 1.38 bits per heavy atom. The van der Waals surface area contributed by atoms with E-state index in [4.69, 9.17) is 0 Å². The molecule has 1 saturated heterocycles. The number of imidazole rings is 1. The number of rotatable bonds is 2. The van der Waals surface area contributed by atoms with E-state index in [9.17, 15) is 0 Å². The molecular formula is C15H22IN5. The highest BCUT2D eigenvalue weighted by atomic mass is 127. The highest BCUT2D eigenvalue weighted by molar-refractivity contribution is 14.0. The van der Waals surface area contributed by atoms with Crippen LogP contribution >= 0.6 is 24.0 Å². The lowest BCUT2D eigenvalue weighted by atomic mass is 10.3. The Kier molecular flexibility index (Phi) is 5.44. The summed E-state index contributed by atoms with van der Waals surface area (Å²) in [5, 5.41) is 3.40. The van der Waals surface area contributed by atoms with Crippen LogP contribution < -0.4 is 5.32 Å². The largest absolute Gasteiger partial charge is 0.351 e. The Morgan fingerprint density at radius 3 is 2.86 bits per heavy atom. The van der Waals surface area contributed by atoms with Gasteiger partial charge in [-0.1, -0.05) is 0 Å². The summed E-state index contributed by atoms with van der Waals surface area (Å²) in [6.45, 7) is 5.00. The molecule has 114 valence electrons. The first-order valence-corrected chi connectivity index (χ1v) is 7.16. The fourth-order valence-corrected chi connectivity index (χ4v) is 2.65. The van der Waals surface area contributed by atoms with Crippen molar-refractivity contribution in [3.8, 4) is 0 Å². The maximum absolute atomic E-state index is 4.63. The molecule has 1 aliphatic heterocycles. The first kappa shape index (κ1) is 16.1. The van der Waals surface area contributed by atoms with Gasteiger partial charge in [0.1, 0.15) is 5.65 Å². The van der Waals surface area contributed by atoms with E-state index in [0.29, 0.717) is 6.54 Å². The fourth-order valence-electron chi connectivity index (χ4n) is 2.65. The van der Waals surface area contributed by atoms with Gasteiger partial charge in [-0.25, -0.2) is 4.98 Å². The third kappa shape index (κ3) is 3.66. The lowest BCUT2D eigenvalue weighted by molar-refractivity contribution is 0.493. The molecule has 0 atom stereocenters. The number of aliphatic imine (C=N–C) groups is 1. The number of pyridine rings is 1. The van der Waals surface area contributed by atoms with Crippen LogP contribution in [0.4, 0.5) is 0 Å². The zero-order valence-electron chi connectivity index (χ0n) is 12.5. The van der Waals surface area contributed by atoms with Crippen LogP contribution in [0.1, 0.15) is 24.1 Å². The molecule has 21 heavy (non-hydrogen) atoms. The van der Waals surface area contributed by atoms with Crippen molar-refractivity contribution < 1.29 is 0 Å². The van der Waals surface area contributed by atoms with Crippen LogP contribution in [0.5, 0.6) is 0 Å². The molecule has 6 heteroatoms. The second-order valence-electron chi connectivity index (χ2n) is 5.30. The second kappa shape index (κ2) is 7.11. The van der Waals surface area contributed by atoms with Gasteiger partial charge in [-0.15, -0.1) is 24.0 Å². The Labute approximate surface area is 142 Å². The molecule has 0 bridgehead atoms. The molecule has 2 aromatic heterocycles. The monoisotopic (exact) mass is 399 g/mol. The summed E-state index contributed by atoms with van der Waals surface area (Å²) in [5.74, 6) is 0.982. The van der Waals surface area contributed by atoms with Gasteiger partial charge in [0.2, 0.25) is 0 Å². The SMILES string of the molecule is CN=C(NCc1cn2ccc(C)cc2n1)N1CCCC1.I. The van der Waals surface area contributed by atoms with E-state index >= 15 is 0 Å². The van der Waals surface area contributed by atoms with Gasteiger partial charge in [-0.2, -0.15) is 0 Å². The zero-order valence-corrected chi connectivity index (χ0v) is 14.9. The summed E-state index contributed by atoms with van der Waals surface area (Å²) >= 11 is 0. The normalized spacial score (nSPS) is 15.3. The smallest absolute Gasteiger partial charge is 0.193 e. The quantitative estimate of drug-likeness (QED) is 0.480. The Hall–Kier alpha value is -1.31. The Balaban J connectivity index is 0.00000161. The maximum Gasteiger partial charge on any atom is 0.193 e. The highest BCUT2D eigenvalue weighted by Gasteiger charge is 2.15. The third-order valence-electron chi connectivity index (χ3n) is 3.71. The summed E-state index contributed by atoms with van der Waals surface area (Å²) in [5.41, 5.74) is 3.27. The van der Waals surface area contributed by atoms with Crippen molar-refractivity contribution in [2.75, 3.05) is 20.1 Å². The van der Waals surface area contributed by atoms with Crippen molar-refractivity contribution in [2.24, 2.45) is 4.99 Å². The van der Waals surface area contributed by atoms with Gasteiger partial charge < -0.3 is 14.6 Å². The number of nitrogens with zero attached hydrogens (tertiary/aromatic N) is 4. The van der Waals surface area contributed by atoms with Crippen LogP contribution in [-0.2, 0) is 6.54 Å². The van der Waals surface area contributed by atoms with Gasteiger partial charge in [0.05, 0.1) is 12.2 Å². The number of likely N-dealkylation sites (tertiary alicyclic amines) is 1. The molecule has 3 rings (SSSR count). The number of aromatic nitrogens is 2. The molecule has 1 fully saturated rings. The van der Waals surface area contributed by atoms with Gasteiger partial charge in [0, 0.05) is 32.5 Å². The number of aryl methyl sites for hydroxylation is 1. The van der Waals surface area contributed by atoms with Gasteiger partial charge in [0.25, 0.3) is 0 Å². The molecule has 0 spiro atoms. The lowest BCUT2D eigenvalue weighted by Crippen LogP contribution is -2.39. The molecule has 0 aromatic carbocycles. The first-order chi connectivity index (χ1) is 9.76. The first-order valence-electron chi connectivity index (χ1n) is 7.16. The van der Waals surface area contributed by atoms with Crippen molar-refractivity contribution in [1.82, 2.24) is 19.6 Å². The van der Waals surface area contributed by atoms with Crippen molar-refractivity contribution in [1.29, 1.82) is 0 Å². The number of hydrogen-bond acceptors (Lipinski definition) is 2. The van der Waals surface area contributed by atoms with E-state index in [-0.39, 0.29) is 24.0 Å². The average molecular weight is 399 g/mol. The molecule has 3 heterocycles. The van der Waals surface area contributed by atoms with Crippen LogP contribution in [0.2, 0.25) is 0 Å². The lowest BCUT2D eigenvalue weighted by Gasteiger charge is -2.20. The van der Waals surface area contributed by atoms with Crippen LogP contribution in [-0.4, -0.2) is 40.4 Å². The predicted octanol–water partition coefficient (Wildman–Crippen LogP) is 2.43. The molecule has 0 amide bonds. The number of fused-ring (bicyclic) bond motifs is 1. The average Bonchev–Trinajstić information content (AvgIpc) is 3.08. The molecule has 0 unspecified atom stereocenters. The molecule has 2 aromatic rings. The molecule has 0 radical (unpaired) electrons. The number of halogens is 1. The Bertz CT molecular complexity index is 628. The second-order valence-corrected chi connectivity index (χ2v) is 5.30. The zero-order chi connectivity index (χ0) is 13.9. The fraction of sp³-hybridized carbons (Fsp3) is 0.467. The molecule has 5 nitrogen and oxygen atoms in total. The van der Waals surface area contributed by atoms with Crippen LogP contribution in [0.25, 0.3) is 5.65 Å². The molecule has 1 N–H and O–H groups in total. The number of nitrogens with one attached hydrogen (secondary N) is 1. The summed E-state index contributed by atoms with van der Waals surface area (Å²) < 4.78 is 2.06. The van der Waals surface area contributed by atoms with Crippen molar-refractivity contribution in [3.63, 3.8) is 0 Å². The van der Waals surface area contributed by atoms with Crippen molar-refractivity contribution in [3.05, 3.63) is 35.8 Å². The molecular weight excluding hydrogens is 377 g/mol. The number of hydrogen-bond donors (Lipinski definition) is 1. The van der Waals surface area contributed by atoms with E-state index in [0.717, 1.165) is 30.4 Å². The van der Waals surface area contributed by atoms with Crippen LogP contribution in [0, 0.1) is 6.92 Å². The van der Waals surface area contributed by atoms with E-state index < -0.39 is 0 Å². The van der Waals surface area contributed by atoms with E-state index in [1.54, 1.807) is 0 Å². The standard InChI is InChI=1S/C15H21N5.HI/c1-12-5-8-20-11-13(18-14(20)9-12)10-17-15(16-2)19-6-3-4-7-19;/h5,8-9,11H,3-4,6-7,10H2,1-2H3,(H,16,17);1H.